The lowest BCUT2D eigenvalue weighted by Crippen LogP contribution is -2.13. The summed E-state index contributed by atoms with van der Waals surface area (Å²) in [4.78, 5) is 4.08. The molecule has 1 N–H and O–H groups in total. The zero-order valence-electron chi connectivity index (χ0n) is 10.2. The molecule has 0 spiro atoms. The fraction of sp³-hybridized carbons (Fsp3) is 0.0769. The average Bonchev–Trinajstić information content (AvgIpc) is 2.42. The van der Waals surface area contributed by atoms with Gasteiger partial charge in [0.1, 0.15) is 4.60 Å². The second kappa shape index (κ2) is 6.03. The van der Waals surface area contributed by atoms with Gasteiger partial charge in [-0.2, -0.15) is 5.26 Å². The van der Waals surface area contributed by atoms with Crippen molar-refractivity contribution in [3.05, 3.63) is 52.8 Å². The molecule has 1 aromatic heterocycles. The van der Waals surface area contributed by atoms with Crippen LogP contribution in [0.15, 0.2) is 52.1 Å². The first-order valence-corrected chi connectivity index (χ1v) is 7.90. The Balaban J connectivity index is 2.27. The zero-order chi connectivity index (χ0) is 14.6. The van der Waals surface area contributed by atoms with Crippen LogP contribution in [0.3, 0.4) is 0 Å². The summed E-state index contributed by atoms with van der Waals surface area (Å²) in [5.41, 5.74) is 1.14. The first-order chi connectivity index (χ1) is 9.53. The summed E-state index contributed by atoms with van der Waals surface area (Å²) in [6, 6.07) is 11.4. The van der Waals surface area contributed by atoms with E-state index in [-0.39, 0.29) is 11.3 Å². The van der Waals surface area contributed by atoms with Gasteiger partial charge in [-0.05, 0) is 45.8 Å². The number of pyridine rings is 1. The van der Waals surface area contributed by atoms with Crippen LogP contribution in [0.25, 0.3) is 0 Å². The number of aromatic nitrogens is 1. The van der Waals surface area contributed by atoms with E-state index < -0.39 is 10.0 Å². The van der Waals surface area contributed by atoms with Crippen LogP contribution in [0.4, 0.5) is 5.69 Å². The van der Waals surface area contributed by atoms with Crippen LogP contribution in [0.2, 0.25) is 0 Å². The van der Waals surface area contributed by atoms with Crippen LogP contribution in [0.1, 0.15) is 5.56 Å². The molecule has 0 saturated heterocycles. The van der Waals surface area contributed by atoms with Crippen molar-refractivity contribution in [1.82, 2.24) is 4.98 Å². The van der Waals surface area contributed by atoms with Gasteiger partial charge in [-0.3, -0.25) is 4.72 Å². The van der Waals surface area contributed by atoms with Crippen molar-refractivity contribution in [2.75, 3.05) is 4.72 Å². The Morgan fingerprint density at radius 3 is 2.55 bits per heavy atom. The normalized spacial score (nSPS) is 10.8. The molecule has 20 heavy (non-hydrogen) atoms. The van der Waals surface area contributed by atoms with E-state index in [1.54, 1.807) is 30.5 Å². The third-order valence-electron chi connectivity index (χ3n) is 2.52. The fourth-order valence-electron chi connectivity index (χ4n) is 1.54. The predicted octanol–water partition coefficient (Wildman–Crippen LogP) is 2.71. The number of sulfonamides is 1. The van der Waals surface area contributed by atoms with E-state index in [4.69, 9.17) is 5.26 Å². The van der Waals surface area contributed by atoms with Crippen molar-refractivity contribution in [3.63, 3.8) is 0 Å². The highest BCUT2D eigenvalue weighted by Gasteiger charge is 2.15. The van der Waals surface area contributed by atoms with Gasteiger partial charge in [0, 0.05) is 6.20 Å². The number of nitrogens with one attached hydrogen (secondary N) is 1. The predicted molar refractivity (Wildman–Crippen MR) is 78.5 cm³/mol. The molecule has 0 amide bonds. The van der Waals surface area contributed by atoms with Crippen molar-refractivity contribution in [3.8, 4) is 6.07 Å². The minimum absolute atomic E-state index is 0.134. The summed E-state index contributed by atoms with van der Waals surface area (Å²) >= 11 is 3.18. The molecule has 0 unspecified atom stereocenters. The summed E-state index contributed by atoms with van der Waals surface area (Å²) in [7, 11) is -3.67. The third kappa shape index (κ3) is 3.35. The molecule has 102 valence electrons. The number of nitrogens with zero attached hydrogens (tertiary/aromatic N) is 2. The molecule has 1 heterocycles. The molecule has 0 atom stereocenters. The Morgan fingerprint density at radius 1 is 1.25 bits per heavy atom. The Bertz CT molecular complexity index is 752. The van der Waals surface area contributed by atoms with Crippen molar-refractivity contribution in [1.29, 1.82) is 5.26 Å². The summed E-state index contributed by atoms with van der Waals surface area (Å²) in [6.45, 7) is 0. The lowest BCUT2D eigenvalue weighted by molar-refractivity contribution is 0.601. The van der Waals surface area contributed by atoms with Gasteiger partial charge in [0.25, 0.3) is 10.0 Å². The molecule has 0 aliphatic carbocycles. The summed E-state index contributed by atoms with van der Waals surface area (Å²) in [5, 5.41) is 8.58. The lowest BCUT2D eigenvalue weighted by Gasteiger charge is -2.09. The van der Waals surface area contributed by atoms with Gasteiger partial charge < -0.3 is 0 Å². The number of rotatable bonds is 4. The number of hydrogen-bond acceptors (Lipinski definition) is 4. The lowest BCUT2D eigenvalue weighted by atomic mass is 10.2. The van der Waals surface area contributed by atoms with Crippen molar-refractivity contribution in [2.45, 2.75) is 11.3 Å². The van der Waals surface area contributed by atoms with Gasteiger partial charge in [-0.25, -0.2) is 13.4 Å². The molecular weight excluding hydrogens is 342 g/mol. The maximum absolute atomic E-state index is 12.2. The Kier molecular flexibility index (Phi) is 4.37. The van der Waals surface area contributed by atoms with E-state index in [0.717, 1.165) is 5.56 Å². The topological polar surface area (TPSA) is 82.8 Å². The number of halogens is 1. The van der Waals surface area contributed by atoms with Crippen LogP contribution in [-0.2, 0) is 16.4 Å². The third-order valence-corrected chi connectivity index (χ3v) is 4.53. The largest absolute Gasteiger partial charge is 0.277 e. The summed E-state index contributed by atoms with van der Waals surface area (Å²) in [6.07, 6.45) is 1.81. The van der Waals surface area contributed by atoms with E-state index in [0.29, 0.717) is 10.3 Å². The fourth-order valence-corrected chi connectivity index (χ4v) is 3.09. The van der Waals surface area contributed by atoms with E-state index in [9.17, 15) is 8.42 Å². The van der Waals surface area contributed by atoms with Crippen LogP contribution in [0, 0.1) is 11.3 Å². The second-order valence-electron chi connectivity index (χ2n) is 3.93. The molecule has 5 nitrogen and oxygen atoms in total. The van der Waals surface area contributed by atoms with Crippen molar-refractivity contribution < 1.29 is 8.42 Å². The number of benzene rings is 1. The van der Waals surface area contributed by atoms with Gasteiger partial charge in [-0.1, -0.05) is 12.1 Å². The molecule has 0 fully saturated rings. The quantitative estimate of drug-likeness (QED) is 0.858. The molecule has 2 rings (SSSR count). The maximum atomic E-state index is 12.2. The van der Waals surface area contributed by atoms with Crippen LogP contribution >= 0.6 is 15.9 Å². The number of hydrogen-bond donors (Lipinski definition) is 1. The van der Waals surface area contributed by atoms with Crippen LogP contribution in [-0.4, -0.2) is 13.4 Å². The van der Waals surface area contributed by atoms with Gasteiger partial charge >= 0.3 is 0 Å². The van der Waals surface area contributed by atoms with E-state index in [1.807, 2.05) is 6.07 Å². The zero-order valence-corrected chi connectivity index (χ0v) is 12.6. The van der Waals surface area contributed by atoms with E-state index in [2.05, 4.69) is 25.6 Å². The first kappa shape index (κ1) is 14.5. The molecule has 0 radical (unpaired) electrons. The van der Waals surface area contributed by atoms with Gasteiger partial charge in [0.2, 0.25) is 0 Å². The number of anilines is 1. The molecule has 1 aromatic carbocycles. The smallest absolute Gasteiger partial charge is 0.261 e. The molecular formula is C13H10BrN3O2S. The minimum atomic E-state index is -3.67. The van der Waals surface area contributed by atoms with Crippen molar-refractivity contribution in [2.24, 2.45) is 0 Å². The maximum Gasteiger partial charge on any atom is 0.261 e. The second-order valence-corrected chi connectivity index (χ2v) is 6.36. The molecule has 0 bridgehead atoms. The van der Waals surface area contributed by atoms with Crippen molar-refractivity contribution >= 4 is 31.6 Å². The number of nitriles is 1. The van der Waals surface area contributed by atoms with Gasteiger partial charge in [0.05, 0.1) is 23.1 Å². The van der Waals surface area contributed by atoms with E-state index >= 15 is 0 Å². The molecule has 0 saturated carbocycles. The molecule has 7 heteroatoms. The minimum Gasteiger partial charge on any atom is -0.277 e. The van der Waals surface area contributed by atoms with Crippen LogP contribution in [0.5, 0.6) is 0 Å². The molecule has 2 aromatic rings. The highest BCUT2D eigenvalue weighted by molar-refractivity contribution is 9.10. The Hall–Kier alpha value is -1.91. The monoisotopic (exact) mass is 351 g/mol. The standard InChI is InChI=1S/C13H10BrN3O2S/c14-13-12(2-1-9-16-13)17-20(18,19)11-5-3-10(4-6-11)7-8-15/h1-6,9,17H,7H2. The molecule has 0 aliphatic heterocycles. The highest BCUT2D eigenvalue weighted by atomic mass is 79.9. The summed E-state index contributed by atoms with van der Waals surface area (Å²) < 4.78 is 27.3. The summed E-state index contributed by atoms with van der Waals surface area (Å²) in [5.74, 6) is 0. The van der Waals surface area contributed by atoms with Gasteiger partial charge in [0.15, 0.2) is 0 Å². The average molecular weight is 352 g/mol. The first-order valence-electron chi connectivity index (χ1n) is 5.62. The van der Waals surface area contributed by atoms with Gasteiger partial charge in [-0.15, -0.1) is 0 Å². The van der Waals surface area contributed by atoms with E-state index in [1.165, 1.54) is 12.1 Å². The highest BCUT2D eigenvalue weighted by Crippen LogP contribution is 2.22. The molecule has 0 aliphatic rings. The Labute approximate surface area is 125 Å². The SMILES string of the molecule is N#CCc1ccc(S(=O)(=O)Nc2cccnc2Br)cc1. The Morgan fingerprint density at radius 2 is 1.95 bits per heavy atom. The van der Waals surface area contributed by atoms with Crippen LogP contribution < -0.4 is 4.72 Å².